The normalized spacial score (nSPS) is 17.7. The Balaban J connectivity index is 1.71. The first kappa shape index (κ1) is 17.4. The number of nitrogens with one attached hydrogen (secondary N) is 1. The standard InChI is InChI=1S/C17H26N4O2/c1-12-3-4-15(11-19-12)13(2)20-16(22)7-10-21-8-5-14(6-9-21)17(18)23/h3-4,11,13-14H,5-10H2,1-2H3,(H2,18,23)(H,20,22)/t13-/m1/s1. The van der Waals surface area contributed by atoms with Gasteiger partial charge >= 0.3 is 0 Å². The molecule has 0 bridgehead atoms. The molecule has 1 aliphatic heterocycles. The number of aryl methyl sites for hydroxylation is 1. The maximum atomic E-state index is 12.1. The van der Waals surface area contributed by atoms with Gasteiger partial charge in [0, 0.05) is 30.8 Å². The smallest absolute Gasteiger partial charge is 0.221 e. The Morgan fingerprint density at radius 1 is 1.39 bits per heavy atom. The molecule has 23 heavy (non-hydrogen) atoms. The third-order valence-electron chi connectivity index (χ3n) is 4.46. The van der Waals surface area contributed by atoms with Crippen LogP contribution in [0.3, 0.4) is 0 Å². The number of hydrogen-bond donors (Lipinski definition) is 2. The highest BCUT2D eigenvalue weighted by Crippen LogP contribution is 2.17. The van der Waals surface area contributed by atoms with E-state index in [2.05, 4.69) is 15.2 Å². The van der Waals surface area contributed by atoms with Crippen LogP contribution in [-0.2, 0) is 9.59 Å². The second kappa shape index (κ2) is 8.06. The summed E-state index contributed by atoms with van der Waals surface area (Å²) in [6.45, 7) is 6.28. The summed E-state index contributed by atoms with van der Waals surface area (Å²) in [7, 11) is 0. The van der Waals surface area contributed by atoms with E-state index in [1.807, 2.05) is 26.0 Å². The highest BCUT2D eigenvalue weighted by Gasteiger charge is 2.23. The number of carbonyl (C=O) groups is 2. The number of aromatic nitrogens is 1. The third-order valence-corrected chi connectivity index (χ3v) is 4.46. The van der Waals surface area contributed by atoms with E-state index in [-0.39, 0.29) is 23.8 Å². The number of hydrogen-bond acceptors (Lipinski definition) is 4. The van der Waals surface area contributed by atoms with Crippen LogP contribution in [0.5, 0.6) is 0 Å². The summed E-state index contributed by atoms with van der Waals surface area (Å²) >= 11 is 0. The van der Waals surface area contributed by atoms with Crippen molar-refractivity contribution in [1.82, 2.24) is 15.2 Å². The second-order valence-electron chi connectivity index (χ2n) is 6.29. The number of piperidine rings is 1. The van der Waals surface area contributed by atoms with Gasteiger partial charge in [0.2, 0.25) is 11.8 Å². The maximum absolute atomic E-state index is 12.1. The Labute approximate surface area is 137 Å². The SMILES string of the molecule is Cc1ccc([C@@H](C)NC(=O)CCN2CCC(C(N)=O)CC2)cn1. The average Bonchev–Trinajstić information content (AvgIpc) is 2.54. The minimum atomic E-state index is -0.206. The first-order valence-corrected chi connectivity index (χ1v) is 8.19. The second-order valence-corrected chi connectivity index (χ2v) is 6.29. The molecular formula is C17H26N4O2. The Hall–Kier alpha value is -1.95. The number of primary amides is 1. The number of amides is 2. The van der Waals surface area contributed by atoms with E-state index in [0.717, 1.165) is 43.7 Å². The molecule has 0 aromatic carbocycles. The monoisotopic (exact) mass is 318 g/mol. The van der Waals surface area contributed by atoms with Crippen molar-refractivity contribution in [1.29, 1.82) is 0 Å². The van der Waals surface area contributed by atoms with Gasteiger partial charge in [-0.1, -0.05) is 6.07 Å². The van der Waals surface area contributed by atoms with Gasteiger partial charge < -0.3 is 16.0 Å². The van der Waals surface area contributed by atoms with Crippen molar-refractivity contribution >= 4 is 11.8 Å². The van der Waals surface area contributed by atoms with Crippen LogP contribution in [0, 0.1) is 12.8 Å². The predicted molar refractivity (Wildman–Crippen MR) is 88.5 cm³/mol. The topological polar surface area (TPSA) is 88.3 Å². The number of rotatable bonds is 6. The van der Waals surface area contributed by atoms with E-state index in [1.165, 1.54) is 0 Å². The lowest BCUT2D eigenvalue weighted by Crippen LogP contribution is -2.40. The van der Waals surface area contributed by atoms with E-state index in [9.17, 15) is 9.59 Å². The van der Waals surface area contributed by atoms with Crippen molar-refractivity contribution in [2.24, 2.45) is 11.7 Å². The molecule has 2 heterocycles. The lowest BCUT2D eigenvalue weighted by molar-refractivity contribution is -0.124. The highest BCUT2D eigenvalue weighted by molar-refractivity contribution is 5.77. The van der Waals surface area contributed by atoms with Gasteiger partial charge in [0.25, 0.3) is 0 Å². The zero-order chi connectivity index (χ0) is 16.8. The van der Waals surface area contributed by atoms with Crippen molar-refractivity contribution in [3.63, 3.8) is 0 Å². The lowest BCUT2D eigenvalue weighted by Gasteiger charge is -2.30. The van der Waals surface area contributed by atoms with Gasteiger partial charge in [-0.2, -0.15) is 0 Å². The minimum Gasteiger partial charge on any atom is -0.369 e. The van der Waals surface area contributed by atoms with Gasteiger partial charge in [-0.05, 0) is 51.4 Å². The van der Waals surface area contributed by atoms with Crippen molar-refractivity contribution in [2.75, 3.05) is 19.6 Å². The molecule has 0 radical (unpaired) electrons. The molecule has 0 saturated carbocycles. The van der Waals surface area contributed by atoms with Crippen LogP contribution in [0.25, 0.3) is 0 Å². The molecule has 1 aromatic rings. The highest BCUT2D eigenvalue weighted by atomic mass is 16.2. The first-order chi connectivity index (χ1) is 11.0. The average molecular weight is 318 g/mol. The van der Waals surface area contributed by atoms with Crippen molar-refractivity contribution in [3.05, 3.63) is 29.6 Å². The summed E-state index contributed by atoms with van der Waals surface area (Å²) in [4.78, 5) is 29.7. The van der Waals surface area contributed by atoms with Gasteiger partial charge in [-0.15, -0.1) is 0 Å². The molecule has 0 aliphatic carbocycles. The fourth-order valence-corrected chi connectivity index (χ4v) is 2.83. The fourth-order valence-electron chi connectivity index (χ4n) is 2.83. The Morgan fingerprint density at radius 3 is 2.65 bits per heavy atom. The van der Waals surface area contributed by atoms with Crippen LogP contribution in [0.4, 0.5) is 0 Å². The molecular weight excluding hydrogens is 292 g/mol. The van der Waals surface area contributed by atoms with Gasteiger partial charge in [0.15, 0.2) is 0 Å². The lowest BCUT2D eigenvalue weighted by atomic mass is 9.96. The minimum absolute atomic E-state index is 0.00543. The maximum Gasteiger partial charge on any atom is 0.221 e. The summed E-state index contributed by atoms with van der Waals surface area (Å²) in [5.74, 6) is -0.174. The van der Waals surface area contributed by atoms with Crippen molar-refractivity contribution in [3.8, 4) is 0 Å². The molecule has 0 spiro atoms. The summed E-state index contributed by atoms with van der Waals surface area (Å²) in [6, 6.07) is 3.89. The summed E-state index contributed by atoms with van der Waals surface area (Å²) < 4.78 is 0. The molecule has 2 rings (SSSR count). The van der Waals surface area contributed by atoms with E-state index in [0.29, 0.717) is 6.42 Å². The summed E-state index contributed by atoms with van der Waals surface area (Å²) in [6.07, 6.45) is 3.85. The number of likely N-dealkylation sites (tertiary alicyclic amines) is 1. The predicted octanol–water partition coefficient (Wildman–Crippen LogP) is 1.15. The molecule has 6 heteroatoms. The first-order valence-electron chi connectivity index (χ1n) is 8.19. The van der Waals surface area contributed by atoms with Crippen LogP contribution >= 0.6 is 0 Å². The molecule has 1 aromatic heterocycles. The van der Waals surface area contributed by atoms with Gasteiger partial charge in [-0.3, -0.25) is 14.6 Å². The fraction of sp³-hybridized carbons (Fsp3) is 0.588. The zero-order valence-electron chi connectivity index (χ0n) is 13.9. The molecule has 1 aliphatic rings. The third kappa shape index (κ3) is 5.32. The van der Waals surface area contributed by atoms with Crippen LogP contribution in [0.15, 0.2) is 18.3 Å². The quantitative estimate of drug-likeness (QED) is 0.823. The van der Waals surface area contributed by atoms with Crippen LogP contribution in [0.1, 0.15) is 43.5 Å². The van der Waals surface area contributed by atoms with Crippen LogP contribution in [-0.4, -0.2) is 41.3 Å². The van der Waals surface area contributed by atoms with Crippen LogP contribution < -0.4 is 11.1 Å². The van der Waals surface area contributed by atoms with Crippen molar-refractivity contribution in [2.45, 2.75) is 39.2 Å². The van der Waals surface area contributed by atoms with Gasteiger partial charge in [0.05, 0.1) is 6.04 Å². The largest absolute Gasteiger partial charge is 0.369 e. The molecule has 1 fully saturated rings. The van der Waals surface area contributed by atoms with Gasteiger partial charge in [-0.25, -0.2) is 0 Å². The Bertz CT molecular complexity index is 536. The number of nitrogens with zero attached hydrogens (tertiary/aromatic N) is 2. The van der Waals surface area contributed by atoms with Crippen molar-refractivity contribution < 1.29 is 9.59 Å². The molecule has 6 nitrogen and oxygen atoms in total. The molecule has 1 atom stereocenters. The van der Waals surface area contributed by atoms with E-state index < -0.39 is 0 Å². The Kier molecular flexibility index (Phi) is 6.10. The number of pyridine rings is 1. The summed E-state index contributed by atoms with van der Waals surface area (Å²) in [5.41, 5.74) is 7.30. The van der Waals surface area contributed by atoms with E-state index >= 15 is 0 Å². The molecule has 1 saturated heterocycles. The van der Waals surface area contributed by atoms with E-state index in [1.54, 1.807) is 6.20 Å². The van der Waals surface area contributed by atoms with Gasteiger partial charge in [0.1, 0.15) is 0 Å². The summed E-state index contributed by atoms with van der Waals surface area (Å²) in [5, 5.41) is 3.00. The molecule has 126 valence electrons. The zero-order valence-corrected chi connectivity index (χ0v) is 13.9. The molecule has 0 unspecified atom stereocenters. The number of carbonyl (C=O) groups excluding carboxylic acids is 2. The van der Waals surface area contributed by atoms with Crippen LogP contribution in [0.2, 0.25) is 0 Å². The van der Waals surface area contributed by atoms with E-state index in [4.69, 9.17) is 5.73 Å². The number of nitrogens with two attached hydrogens (primary N) is 1. The Morgan fingerprint density at radius 2 is 2.09 bits per heavy atom. The molecule has 3 N–H and O–H groups in total. The molecule has 2 amide bonds.